The van der Waals surface area contributed by atoms with Gasteiger partial charge in [-0.15, -0.1) is 6.58 Å². The average Bonchev–Trinajstić information content (AvgIpc) is 2.50. The van der Waals surface area contributed by atoms with Crippen LogP contribution in [0.5, 0.6) is 0 Å². The van der Waals surface area contributed by atoms with Crippen LogP contribution >= 0.6 is 0 Å². The van der Waals surface area contributed by atoms with E-state index in [1.807, 2.05) is 6.08 Å². The monoisotopic (exact) mass is 308 g/mol. The van der Waals surface area contributed by atoms with Crippen LogP contribution in [0.1, 0.15) is 32.1 Å². The van der Waals surface area contributed by atoms with Crippen molar-refractivity contribution in [2.75, 3.05) is 0 Å². The first-order chi connectivity index (χ1) is 5.43. The smallest absolute Gasteiger partial charge is 1.00 e. The van der Waals surface area contributed by atoms with Crippen molar-refractivity contribution in [2.24, 2.45) is 0 Å². The Morgan fingerprint density at radius 3 is 2.50 bits per heavy atom. The van der Waals surface area contributed by atoms with Gasteiger partial charge in [-0.2, -0.15) is 0 Å². The first-order valence-corrected chi connectivity index (χ1v) is 4.39. The summed E-state index contributed by atoms with van der Waals surface area (Å²) in [5.41, 5.74) is 1.59. The molecule has 0 saturated carbocycles. The van der Waals surface area contributed by atoms with Crippen molar-refractivity contribution in [2.45, 2.75) is 32.1 Å². The van der Waals surface area contributed by atoms with E-state index in [-0.39, 0.29) is 51.0 Å². The molecule has 0 N–H and O–H groups in total. The summed E-state index contributed by atoms with van der Waals surface area (Å²) in [5, 5.41) is 0. The van der Waals surface area contributed by atoms with E-state index in [2.05, 4.69) is 24.8 Å². The van der Waals surface area contributed by atoms with E-state index in [0.29, 0.717) is 0 Å². The number of halogens is 2. The van der Waals surface area contributed by atoms with Crippen LogP contribution in [0.2, 0.25) is 0 Å². The zero-order chi connectivity index (χ0) is 7.94. The van der Waals surface area contributed by atoms with Crippen LogP contribution in [0.3, 0.4) is 0 Å². The molecule has 0 amide bonds. The van der Waals surface area contributed by atoms with Crippen molar-refractivity contribution in [1.29, 1.82) is 0 Å². The van der Waals surface area contributed by atoms with Crippen LogP contribution in [0.4, 0.5) is 0 Å². The van der Waals surface area contributed by atoms with Gasteiger partial charge in [-0.05, 0) is 32.1 Å². The molecule has 0 radical (unpaired) electrons. The van der Waals surface area contributed by atoms with Crippen LogP contribution in [-0.4, -0.2) is 0 Å². The molecule has 0 unspecified atom stereocenters. The molecule has 0 atom stereocenters. The van der Waals surface area contributed by atoms with E-state index in [0.717, 1.165) is 0 Å². The fourth-order valence-corrected chi connectivity index (χ4v) is 1.32. The molecule has 0 saturated heterocycles. The van der Waals surface area contributed by atoms with E-state index in [1.54, 1.807) is 5.57 Å². The molecule has 0 aromatic rings. The van der Waals surface area contributed by atoms with Crippen molar-refractivity contribution in [1.82, 2.24) is 0 Å². The second kappa shape index (κ2) is 13.7. The normalized spacial score (nSPS) is 11.9. The van der Waals surface area contributed by atoms with Crippen LogP contribution in [0.15, 0.2) is 36.5 Å². The van der Waals surface area contributed by atoms with Crippen molar-refractivity contribution in [3.05, 3.63) is 36.5 Å². The topological polar surface area (TPSA) is 0 Å². The van der Waals surface area contributed by atoms with Gasteiger partial charge in [-0.1, -0.05) is 29.9 Å². The van der Waals surface area contributed by atoms with Gasteiger partial charge in [0.25, 0.3) is 0 Å². The fourth-order valence-electron chi connectivity index (χ4n) is 1.32. The molecule has 0 aromatic carbocycles. The fraction of sp³-hybridized carbons (Fsp3) is 0.455. The maximum Gasteiger partial charge on any atom is 2.00 e. The summed E-state index contributed by atoms with van der Waals surface area (Å²) in [4.78, 5) is 0. The van der Waals surface area contributed by atoms with Crippen LogP contribution in [0, 0.1) is 0 Å². The summed E-state index contributed by atoms with van der Waals surface area (Å²) in [7, 11) is 0. The van der Waals surface area contributed by atoms with Gasteiger partial charge in [-0.25, -0.2) is 0 Å². The number of hydrogen-bond donors (Lipinski definition) is 0. The van der Waals surface area contributed by atoms with Crippen LogP contribution in [-0.2, 0) is 26.2 Å². The van der Waals surface area contributed by atoms with Crippen molar-refractivity contribution in [3.63, 3.8) is 0 Å². The zero-order valence-electron chi connectivity index (χ0n) is 8.31. The van der Waals surface area contributed by atoms with E-state index in [4.69, 9.17) is 0 Å². The Balaban J connectivity index is -0.000000403. The van der Waals surface area contributed by atoms with Crippen molar-refractivity contribution in [3.8, 4) is 0 Å². The second-order valence-electron chi connectivity index (χ2n) is 2.99. The third-order valence-corrected chi connectivity index (χ3v) is 2.00. The Hall–Kier alpha value is 0.683. The number of unbranched alkanes of at least 4 members (excludes halogenated alkanes) is 2. The predicted octanol–water partition coefficient (Wildman–Crippen LogP) is -2.38. The molecular formula is C11H16Cl2Zr. The molecule has 1 aliphatic rings. The van der Waals surface area contributed by atoms with E-state index >= 15 is 0 Å². The van der Waals surface area contributed by atoms with Gasteiger partial charge in [-0.3, -0.25) is 0 Å². The summed E-state index contributed by atoms with van der Waals surface area (Å²) in [5.74, 6) is 0. The molecule has 0 aromatic heterocycles. The Bertz CT molecular complexity index is 186. The molecule has 3 heteroatoms. The second-order valence-corrected chi connectivity index (χ2v) is 2.99. The third kappa shape index (κ3) is 9.25. The molecule has 78 valence electrons. The first-order valence-electron chi connectivity index (χ1n) is 4.39. The third-order valence-electron chi connectivity index (χ3n) is 2.00. The molecule has 1 aliphatic carbocycles. The van der Waals surface area contributed by atoms with E-state index < -0.39 is 0 Å². The number of rotatable bonds is 5. The van der Waals surface area contributed by atoms with Gasteiger partial charge in [0.1, 0.15) is 0 Å². The average molecular weight is 310 g/mol. The Kier molecular flexibility index (Phi) is 19.7. The van der Waals surface area contributed by atoms with E-state index in [1.165, 1.54) is 32.1 Å². The summed E-state index contributed by atoms with van der Waals surface area (Å²) in [6, 6.07) is 0. The Morgan fingerprint density at radius 1 is 1.29 bits per heavy atom. The Morgan fingerprint density at radius 2 is 2.00 bits per heavy atom. The van der Waals surface area contributed by atoms with Crippen molar-refractivity contribution >= 4 is 0 Å². The van der Waals surface area contributed by atoms with Gasteiger partial charge >= 0.3 is 26.2 Å². The van der Waals surface area contributed by atoms with Gasteiger partial charge in [0.05, 0.1) is 0 Å². The van der Waals surface area contributed by atoms with Crippen LogP contribution in [0.25, 0.3) is 0 Å². The standard InChI is InChI=1S/C11H16.2ClH.Zr/c1-2-3-4-5-8-11-9-6-7-10-11;;;/h2,6-7,9H,1,3-5,8,10H2;2*1H;/q;;;+2/p-2. The molecule has 14 heavy (non-hydrogen) atoms. The number of hydrogen-bond acceptors (Lipinski definition) is 0. The first kappa shape index (κ1) is 20.1. The molecule has 0 spiro atoms. The van der Waals surface area contributed by atoms with Crippen LogP contribution < -0.4 is 24.8 Å². The molecule has 0 fully saturated rings. The predicted molar refractivity (Wildman–Crippen MR) is 50.5 cm³/mol. The molecule has 0 nitrogen and oxygen atoms in total. The number of allylic oxidation sites excluding steroid dienone is 5. The van der Waals surface area contributed by atoms with Gasteiger partial charge in [0, 0.05) is 0 Å². The molecule has 0 heterocycles. The molecular weight excluding hydrogens is 294 g/mol. The van der Waals surface area contributed by atoms with Gasteiger partial charge < -0.3 is 24.8 Å². The summed E-state index contributed by atoms with van der Waals surface area (Å²) in [6.45, 7) is 3.70. The quantitative estimate of drug-likeness (QED) is 0.393. The minimum Gasteiger partial charge on any atom is -1.00 e. The minimum absolute atomic E-state index is 0. The molecule has 0 bridgehead atoms. The summed E-state index contributed by atoms with van der Waals surface area (Å²) in [6.07, 6.45) is 14.9. The Labute approximate surface area is 119 Å². The zero-order valence-corrected chi connectivity index (χ0v) is 12.3. The van der Waals surface area contributed by atoms with Gasteiger partial charge in [0.2, 0.25) is 0 Å². The maximum atomic E-state index is 3.70. The summed E-state index contributed by atoms with van der Waals surface area (Å²) < 4.78 is 0. The maximum absolute atomic E-state index is 3.70. The SMILES string of the molecule is C=CCCCCC1=CC=CC1.[Cl-].[Cl-].[Zr+2]. The molecule has 0 aliphatic heterocycles. The van der Waals surface area contributed by atoms with Crippen molar-refractivity contribution < 1.29 is 51.0 Å². The largest absolute Gasteiger partial charge is 2.00 e. The minimum atomic E-state index is 0. The van der Waals surface area contributed by atoms with E-state index in [9.17, 15) is 0 Å². The molecule has 1 rings (SSSR count). The van der Waals surface area contributed by atoms with Gasteiger partial charge in [0.15, 0.2) is 0 Å². The summed E-state index contributed by atoms with van der Waals surface area (Å²) >= 11 is 0.